The smallest absolute Gasteiger partial charge is 0.255 e. The van der Waals surface area contributed by atoms with Gasteiger partial charge >= 0.3 is 0 Å². The number of halogens is 1. The lowest BCUT2D eigenvalue weighted by Gasteiger charge is -2.21. The maximum atomic E-state index is 12.1. The first-order chi connectivity index (χ1) is 8.47. The molecular formula is C13H20ClN3O. The van der Waals surface area contributed by atoms with Crippen molar-refractivity contribution in [1.29, 1.82) is 0 Å². The Morgan fingerprint density at radius 1 is 1.56 bits per heavy atom. The van der Waals surface area contributed by atoms with Crippen LogP contribution < -0.4 is 5.32 Å². The summed E-state index contributed by atoms with van der Waals surface area (Å²) in [5.74, 6) is 0.559. The van der Waals surface area contributed by atoms with Gasteiger partial charge in [0.2, 0.25) is 0 Å². The molecule has 1 rings (SSSR count). The number of aromatic nitrogens is 1. The normalized spacial score (nSPS) is 10.6. The van der Waals surface area contributed by atoms with Gasteiger partial charge in [-0.25, -0.2) is 4.98 Å². The first kappa shape index (κ1) is 14.8. The van der Waals surface area contributed by atoms with Crippen LogP contribution >= 0.6 is 11.6 Å². The molecule has 1 aromatic heterocycles. The largest absolute Gasteiger partial charge is 0.369 e. The second-order valence-electron chi connectivity index (χ2n) is 4.49. The molecule has 0 saturated carbocycles. The summed E-state index contributed by atoms with van der Waals surface area (Å²) in [6, 6.07) is 1.81. The fraction of sp³-hybridized carbons (Fsp3) is 0.538. The standard InChI is InChI=1S/C13H20ClN3O/c1-5-6-15-12-11(14)7-10(8-16-12)13(18)17(4)9(2)3/h7-9H,5-6H2,1-4H3,(H,15,16). The maximum absolute atomic E-state index is 12.1. The van der Waals surface area contributed by atoms with Crippen molar-refractivity contribution in [3.05, 3.63) is 22.8 Å². The van der Waals surface area contributed by atoms with Crippen molar-refractivity contribution in [1.82, 2.24) is 9.88 Å². The third kappa shape index (κ3) is 3.60. The zero-order valence-corrected chi connectivity index (χ0v) is 12.1. The number of amides is 1. The van der Waals surface area contributed by atoms with Crippen molar-refractivity contribution in [2.45, 2.75) is 33.2 Å². The molecule has 0 fully saturated rings. The number of hydrogen-bond acceptors (Lipinski definition) is 3. The summed E-state index contributed by atoms with van der Waals surface area (Å²) < 4.78 is 0. The molecule has 0 radical (unpaired) electrons. The molecular weight excluding hydrogens is 250 g/mol. The van der Waals surface area contributed by atoms with Crippen LogP contribution in [0.5, 0.6) is 0 Å². The Kier molecular flexibility index (Phi) is 5.41. The molecule has 0 atom stereocenters. The molecule has 0 spiro atoms. The number of anilines is 1. The first-order valence-electron chi connectivity index (χ1n) is 6.14. The van der Waals surface area contributed by atoms with Gasteiger partial charge in [-0.15, -0.1) is 0 Å². The number of nitrogens with zero attached hydrogens (tertiary/aromatic N) is 2. The lowest BCUT2D eigenvalue weighted by atomic mass is 10.2. The molecule has 1 amide bonds. The molecule has 0 aliphatic heterocycles. The summed E-state index contributed by atoms with van der Waals surface area (Å²) in [4.78, 5) is 17.9. The third-order valence-electron chi connectivity index (χ3n) is 2.73. The Labute approximate surface area is 113 Å². The number of rotatable bonds is 5. The van der Waals surface area contributed by atoms with Gasteiger partial charge in [-0.3, -0.25) is 4.79 Å². The molecule has 5 heteroatoms. The van der Waals surface area contributed by atoms with E-state index in [1.165, 1.54) is 0 Å². The van der Waals surface area contributed by atoms with Gasteiger partial charge in [-0.2, -0.15) is 0 Å². The van der Waals surface area contributed by atoms with E-state index in [1.54, 1.807) is 24.2 Å². The lowest BCUT2D eigenvalue weighted by molar-refractivity contribution is 0.0754. The number of nitrogens with one attached hydrogen (secondary N) is 1. The molecule has 0 aromatic carbocycles. The Balaban J connectivity index is 2.87. The number of hydrogen-bond donors (Lipinski definition) is 1. The Morgan fingerprint density at radius 2 is 2.22 bits per heavy atom. The average molecular weight is 270 g/mol. The predicted octanol–water partition coefficient (Wildman–Crippen LogP) is 3.04. The van der Waals surface area contributed by atoms with Gasteiger partial charge in [0.1, 0.15) is 5.82 Å². The topological polar surface area (TPSA) is 45.2 Å². The molecule has 1 N–H and O–H groups in total. The minimum atomic E-state index is -0.0681. The summed E-state index contributed by atoms with van der Waals surface area (Å²) in [5, 5.41) is 3.59. The maximum Gasteiger partial charge on any atom is 0.255 e. The summed E-state index contributed by atoms with van der Waals surface area (Å²) in [7, 11) is 1.77. The van der Waals surface area contributed by atoms with Crippen molar-refractivity contribution in [2.75, 3.05) is 18.9 Å². The number of pyridine rings is 1. The van der Waals surface area contributed by atoms with Gasteiger partial charge in [0.05, 0.1) is 10.6 Å². The molecule has 100 valence electrons. The van der Waals surface area contributed by atoms with Crippen LogP contribution in [0, 0.1) is 0 Å². The zero-order valence-electron chi connectivity index (χ0n) is 11.3. The molecule has 0 unspecified atom stereocenters. The van der Waals surface area contributed by atoms with Crippen LogP contribution in [0.2, 0.25) is 5.02 Å². The van der Waals surface area contributed by atoms with Crippen LogP contribution in [-0.2, 0) is 0 Å². The highest BCUT2D eigenvalue weighted by atomic mass is 35.5. The van der Waals surface area contributed by atoms with E-state index in [9.17, 15) is 4.79 Å². The van der Waals surface area contributed by atoms with E-state index in [0.29, 0.717) is 16.4 Å². The molecule has 0 aliphatic carbocycles. The SMILES string of the molecule is CCCNc1ncc(C(=O)N(C)C(C)C)cc1Cl. The van der Waals surface area contributed by atoms with Crippen LogP contribution in [0.4, 0.5) is 5.82 Å². The van der Waals surface area contributed by atoms with Crippen molar-refractivity contribution in [3.63, 3.8) is 0 Å². The molecule has 1 aromatic rings. The van der Waals surface area contributed by atoms with Gasteiger partial charge in [0.15, 0.2) is 0 Å². The van der Waals surface area contributed by atoms with Gasteiger partial charge in [0.25, 0.3) is 5.91 Å². The predicted molar refractivity (Wildman–Crippen MR) is 75.3 cm³/mol. The quantitative estimate of drug-likeness (QED) is 0.894. The van der Waals surface area contributed by atoms with Crippen LogP contribution in [0.3, 0.4) is 0 Å². The number of carbonyl (C=O) groups is 1. The highest BCUT2D eigenvalue weighted by Crippen LogP contribution is 2.21. The highest BCUT2D eigenvalue weighted by molar-refractivity contribution is 6.33. The average Bonchev–Trinajstić information content (AvgIpc) is 2.35. The summed E-state index contributed by atoms with van der Waals surface area (Å²) in [5.41, 5.74) is 0.512. The monoisotopic (exact) mass is 269 g/mol. The van der Waals surface area contributed by atoms with Crippen LogP contribution in [0.15, 0.2) is 12.3 Å². The second-order valence-corrected chi connectivity index (χ2v) is 4.90. The van der Waals surface area contributed by atoms with Crippen LogP contribution in [0.25, 0.3) is 0 Å². The third-order valence-corrected chi connectivity index (χ3v) is 3.01. The lowest BCUT2D eigenvalue weighted by Crippen LogP contribution is -2.33. The van der Waals surface area contributed by atoms with Gasteiger partial charge < -0.3 is 10.2 Å². The fourth-order valence-electron chi connectivity index (χ4n) is 1.37. The molecule has 18 heavy (non-hydrogen) atoms. The fourth-order valence-corrected chi connectivity index (χ4v) is 1.60. The summed E-state index contributed by atoms with van der Waals surface area (Å²) >= 11 is 6.10. The molecule has 0 saturated heterocycles. The van der Waals surface area contributed by atoms with E-state index in [4.69, 9.17) is 11.6 Å². The van der Waals surface area contributed by atoms with Gasteiger partial charge in [-0.05, 0) is 26.3 Å². The highest BCUT2D eigenvalue weighted by Gasteiger charge is 2.16. The Morgan fingerprint density at radius 3 is 2.72 bits per heavy atom. The van der Waals surface area contributed by atoms with E-state index in [1.807, 2.05) is 13.8 Å². The van der Waals surface area contributed by atoms with Crippen molar-refractivity contribution in [2.24, 2.45) is 0 Å². The molecule has 0 aliphatic rings. The van der Waals surface area contributed by atoms with Crippen LogP contribution in [0.1, 0.15) is 37.6 Å². The van der Waals surface area contributed by atoms with Gasteiger partial charge in [0, 0.05) is 25.8 Å². The Hall–Kier alpha value is -1.29. The zero-order chi connectivity index (χ0) is 13.7. The van der Waals surface area contributed by atoms with Crippen molar-refractivity contribution < 1.29 is 4.79 Å². The first-order valence-corrected chi connectivity index (χ1v) is 6.51. The second kappa shape index (κ2) is 6.59. The van der Waals surface area contributed by atoms with E-state index < -0.39 is 0 Å². The van der Waals surface area contributed by atoms with Crippen molar-refractivity contribution >= 4 is 23.3 Å². The van der Waals surface area contributed by atoms with E-state index in [0.717, 1.165) is 13.0 Å². The van der Waals surface area contributed by atoms with E-state index >= 15 is 0 Å². The minimum absolute atomic E-state index is 0.0681. The van der Waals surface area contributed by atoms with Crippen LogP contribution in [-0.4, -0.2) is 35.4 Å². The Bertz CT molecular complexity index is 421. The van der Waals surface area contributed by atoms with Crippen molar-refractivity contribution in [3.8, 4) is 0 Å². The molecule has 0 bridgehead atoms. The molecule has 1 heterocycles. The van der Waals surface area contributed by atoms with E-state index in [-0.39, 0.29) is 11.9 Å². The summed E-state index contributed by atoms with van der Waals surface area (Å²) in [6.07, 6.45) is 2.56. The van der Waals surface area contributed by atoms with E-state index in [2.05, 4.69) is 17.2 Å². The van der Waals surface area contributed by atoms with Gasteiger partial charge in [-0.1, -0.05) is 18.5 Å². The number of carbonyl (C=O) groups excluding carboxylic acids is 1. The molecule has 4 nitrogen and oxygen atoms in total. The summed E-state index contributed by atoms with van der Waals surface area (Å²) in [6.45, 7) is 6.80. The minimum Gasteiger partial charge on any atom is -0.369 e.